The van der Waals surface area contributed by atoms with Crippen LogP contribution in [0, 0.1) is 16.0 Å². The third kappa shape index (κ3) is 4.01. The normalized spacial score (nSPS) is 17.8. The molecule has 2 rings (SSSR count). The number of nitrogens with zero attached hydrogens (tertiary/aromatic N) is 2. The highest BCUT2D eigenvalue weighted by molar-refractivity contribution is 8.13. The molecule has 1 aliphatic heterocycles. The molecule has 9 nitrogen and oxygen atoms in total. The fraction of sp³-hybridized carbons (Fsp3) is 0.385. The van der Waals surface area contributed by atoms with Crippen molar-refractivity contribution in [3.05, 3.63) is 33.9 Å². The second kappa shape index (κ2) is 6.73. The average molecular weight is 377 g/mol. The predicted molar refractivity (Wildman–Crippen MR) is 84.5 cm³/mol. The Balaban J connectivity index is 2.39. The number of benzene rings is 1. The number of nitro benzene ring substituents is 1. The molecule has 24 heavy (non-hydrogen) atoms. The van der Waals surface area contributed by atoms with Crippen molar-refractivity contribution in [1.29, 1.82) is 0 Å². The quantitative estimate of drug-likeness (QED) is 0.328. The third-order valence-corrected chi connectivity index (χ3v) is 4.77. The van der Waals surface area contributed by atoms with Crippen molar-refractivity contribution >= 4 is 43.0 Å². The van der Waals surface area contributed by atoms with E-state index in [0.29, 0.717) is 0 Å². The molecule has 0 aromatic heterocycles. The Morgan fingerprint density at radius 3 is 2.71 bits per heavy atom. The fourth-order valence-corrected chi connectivity index (χ4v) is 3.87. The van der Waals surface area contributed by atoms with Crippen molar-refractivity contribution in [3.8, 4) is 0 Å². The molecule has 1 aromatic rings. The van der Waals surface area contributed by atoms with Crippen molar-refractivity contribution in [1.82, 2.24) is 0 Å². The van der Waals surface area contributed by atoms with Crippen molar-refractivity contribution in [2.45, 2.75) is 6.42 Å². The van der Waals surface area contributed by atoms with E-state index >= 15 is 0 Å². The van der Waals surface area contributed by atoms with Crippen molar-refractivity contribution in [2.24, 2.45) is 5.92 Å². The van der Waals surface area contributed by atoms with Crippen molar-refractivity contribution in [2.75, 3.05) is 24.3 Å². The standard InChI is InChI=1S/C13H13ClN2O7S/c1-23-13(18)10-5-9(16(19)20)2-3-11(10)15-6-8(4-12(15)17)7-24(14,21)22/h2-3,5,8H,4,6-7H2,1H3. The number of ether oxygens (including phenoxy) is 1. The van der Waals surface area contributed by atoms with Gasteiger partial charge in [-0.05, 0) is 6.07 Å². The summed E-state index contributed by atoms with van der Waals surface area (Å²) in [5.41, 5.74) is -0.341. The van der Waals surface area contributed by atoms with Gasteiger partial charge in [0, 0.05) is 41.7 Å². The third-order valence-electron chi connectivity index (χ3n) is 3.53. The molecule has 1 aromatic carbocycles. The lowest BCUT2D eigenvalue weighted by Gasteiger charge is -2.19. The molecule has 1 unspecified atom stereocenters. The number of rotatable bonds is 5. The number of non-ortho nitro benzene ring substituents is 1. The molecule has 0 aliphatic carbocycles. The number of amides is 1. The van der Waals surface area contributed by atoms with Crippen LogP contribution in [0.2, 0.25) is 0 Å². The van der Waals surface area contributed by atoms with Crippen LogP contribution < -0.4 is 4.90 Å². The van der Waals surface area contributed by atoms with Crippen LogP contribution in [0.4, 0.5) is 11.4 Å². The summed E-state index contributed by atoms with van der Waals surface area (Å²) >= 11 is 0. The molecule has 130 valence electrons. The van der Waals surface area contributed by atoms with Crippen LogP contribution in [-0.4, -0.2) is 44.6 Å². The van der Waals surface area contributed by atoms with Crippen LogP contribution in [0.3, 0.4) is 0 Å². The smallest absolute Gasteiger partial charge is 0.340 e. The number of hydrogen-bond acceptors (Lipinski definition) is 7. The molecule has 1 heterocycles. The van der Waals surface area contributed by atoms with Gasteiger partial charge in [-0.25, -0.2) is 13.2 Å². The lowest BCUT2D eigenvalue weighted by Crippen LogP contribution is -2.27. The summed E-state index contributed by atoms with van der Waals surface area (Å²) < 4.78 is 26.9. The molecular formula is C13H13ClN2O7S. The molecule has 1 amide bonds. The van der Waals surface area contributed by atoms with E-state index in [1.54, 1.807) is 0 Å². The molecule has 0 saturated carbocycles. The van der Waals surface area contributed by atoms with Gasteiger partial charge in [-0.2, -0.15) is 0 Å². The van der Waals surface area contributed by atoms with Gasteiger partial charge < -0.3 is 9.64 Å². The molecule has 1 atom stereocenters. The molecule has 1 aliphatic rings. The highest BCUT2D eigenvalue weighted by atomic mass is 35.7. The van der Waals surface area contributed by atoms with Gasteiger partial charge in [-0.3, -0.25) is 14.9 Å². The van der Waals surface area contributed by atoms with E-state index in [2.05, 4.69) is 4.74 Å². The van der Waals surface area contributed by atoms with E-state index in [0.717, 1.165) is 19.2 Å². The number of carbonyl (C=O) groups excluding carboxylic acids is 2. The van der Waals surface area contributed by atoms with E-state index in [9.17, 15) is 28.1 Å². The summed E-state index contributed by atoms with van der Waals surface area (Å²) in [6, 6.07) is 3.43. The zero-order valence-corrected chi connectivity index (χ0v) is 14.0. The summed E-state index contributed by atoms with van der Waals surface area (Å²) in [4.78, 5) is 35.4. The molecule has 0 N–H and O–H groups in total. The summed E-state index contributed by atoms with van der Waals surface area (Å²) in [5.74, 6) is -2.15. The van der Waals surface area contributed by atoms with Crippen LogP contribution in [0.5, 0.6) is 0 Å². The Hall–Kier alpha value is -2.20. The van der Waals surface area contributed by atoms with E-state index in [-0.39, 0.29) is 35.7 Å². The van der Waals surface area contributed by atoms with E-state index < -0.39 is 31.8 Å². The highest BCUT2D eigenvalue weighted by Crippen LogP contribution is 2.32. The second-order valence-corrected chi connectivity index (χ2v) is 8.05. The monoisotopic (exact) mass is 376 g/mol. The Morgan fingerprint density at radius 1 is 1.50 bits per heavy atom. The molecule has 0 radical (unpaired) electrons. The first kappa shape index (κ1) is 18.1. The van der Waals surface area contributed by atoms with Gasteiger partial charge >= 0.3 is 5.97 Å². The molecule has 0 spiro atoms. The highest BCUT2D eigenvalue weighted by Gasteiger charge is 2.35. The zero-order valence-electron chi connectivity index (χ0n) is 12.5. The van der Waals surface area contributed by atoms with Gasteiger partial charge in [-0.15, -0.1) is 0 Å². The second-order valence-electron chi connectivity index (χ2n) is 5.23. The van der Waals surface area contributed by atoms with Crippen LogP contribution in [-0.2, 0) is 18.6 Å². The lowest BCUT2D eigenvalue weighted by atomic mass is 10.1. The number of halogens is 1. The fourth-order valence-electron chi connectivity index (χ4n) is 2.55. The van der Waals surface area contributed by atoms with Crippen LogP contribution in [0.1, 0.15) is 16.8 Å². The maximum atomic E-state index is 12.2. The van der Waals surface area contributed by atoms with Gasteiger partial charge in [-0.1, -0.05) is 0 Å². The predicted octanol–water partition coefficient (Wildman–Crippen LogP) is 1.30. The van der Waals surface area contributed by atoms with E-state index in [1.165, 1.54) is 11.0 Å². The first-order chi connectivity index (χ1) is 11.1. The summed E-state index contributed by atoms with van der Waals surface area (Å²) in [5, 5.41) is 10.9. The van der Waals surface area contributed by atoms with Crippen LogP contribution in [0.15, 0.2) is 18.2 Å². The zero-order chi connectivity index (χ0) is 18.1. The van der Waals surface area contributed by atoms with E-state index in [1.807, 2.05) is 0 Å². The Morgan fingerprint density at radius 2 is 2.17 bits per heavy atom. The minimum atomic E-state index is -3.77. The maximum absolute atomic E-state index is 12.2. The number of carbonyl (C=O) groups is 2. The van der Waals surface area contributed by atoms with Gasteiger partial charge in [0.05, 0.1) is 29.0 Å². The number of esters is 1. The maximum Gasteiger partial charge on any atom is 0.340 e. The number of anilines is 1. The molecule has 11 heteroatoms. The summed E-state index contributed by atoms with van der Waals surface area (Å²) in [7, 11) is 2.55. The van der Waals surface area contributed by atoms with Crippen molar-refractivity contribution < 1.29 is 27.7 Å². The van der Waals surface area contributed by atoms with Gasteiger partial charge in [0.15, 0.2) is 0 Å². The van der Waals surface area contributed by atoms with Crippen LogP contribution >= 0.6 is 10.7 Å². The number of methoxy groups -OCH3 is 1. The largest absolute Gasteiger partial charge is 0.465 e. The van der Waals surface area contributed by atoms with Gasteiger partial charge in [0.1, 0.15) is 0 Å². The molecule has 1 saturated heterocycles. The molecule has 1 fully saturated rings. The minimum Gasteiger partial charge on any atom is -0.465 e. The topological polar surface area (TPSA) is 124 Å². The SMILES string of the molecule is COC(=O)c1cc([N+](=O)[O-])ccc1N1CC(CS(=O)(=O)Cl)CC1=O. The molecular weight excluding hydrogens is 364 g/mol. The Labute approximate surface area is 141 Å². The Kier molecular flexibility index (Phi) is 5.09. The first-order valence-corrected chi connectivity index (χ1v) is 9.19. The van der Waals surface area contributed by atoms with Crippen LogP contribution in [0.25, 0.3) is 0 Å². The summed E-state index contributed by atoms with van der Waals surface area (Å²) in [6.45, 7) is 0.0343. The first-order valence-electron chi connectivity index (χ1n) is 6.72. The number of hydrogen-bond donors (Lipinski definition) is 0. The average Bonchev–Trinajstić information content (AvgIpc) is 2.83. The summed E-state index contributed by atoms with van der Waals surface area (Å²) in [6.07, 6.45) is -0.0520. The number of nitro groups is 1. The minimum absolute atomic E-state index is 0.0343. The van der Waals surface area contributed by atoms with Crippen molar-refractivity contribution in [3.63, 3.8) is 0 Å². The van der Waals surface area contributed by atoms with E-state index in [4.69, 9.17) is 10.7 Å². The van der Waals surface area contributed by atoms with Gasteiger partial charge in [0.25, 0.3) is 5.69 Å². The lowest BCUT2D eigenvalue weighted by molar-refractivity contribution is -0.384. The molecule has 0 bridgehead atoms. The Bertz CT molecular complexity index is 809. The van der Waals surface area contributed by atoms with Gasteiger partial charge in [0.2, 0.25) is 15.0 Å².